The van der Waals surface area contributed by atoms with Crippen molar-refractivity contribution >= 4 is 0 Å². The van der Waals surface area contributed by atoms with Crippen LogP contribution in [0.1, 0.15) is 44.9 Å². The lowest BCUT2D eigenvalue weighted by Crippen LogP contribution is -2.25. The van der Waals surface area contributed by atoms with E-state index in [2.05, 4.69) is 35.5 Å². The average molecular weight is 208 g/mol. The van der Waals surface area contributed by atoms with Crippen LogP contribution in [0.4, 0.5) is 0 Å². The topological polar surface area (TPSA) is 56.7 Å². The average Bonchev–Trinajstić information content (AvgIpc) is 2.59. The van der Waals surface area contributed by atoms with Crippen LogP contribution in [0.3, 0.4) is 0 Å². The molecule has 2 rings (SSSR count). The maximum atomic E-state index is 6.12. The fourth-order valence-electron chi connectivity index (χ4n) is 2.05. The lowest BCUT2D eigenvalue weighted by molar-refractivity contribution is 0.384. The first kappa shape index (κ1) is 10.6. The van der Waals surface area contributed by atoms with E-state index in [-0.39, 0.29) is 6.04 Å². The predicted molar refractivity (Wildman–Crippen MR) is 59.3 cm³/mol. The van der Waals surface area contributed by atoms with Crippen LogP contribution in [0, 0.1) is 11.8 Å². The first-order chi connectivity index (χ1) is 7.09. The molecular weight excluding hydrogens is 188 g/mol. The fourth-order valence-corrected chi connectivity index (χ4v) is 2.05. The van der Waals surface area contributed by atoms with Crippen molar-refractivity contribution in [2.24, 2.45) is 17.6 Å². The van der Waals surface area contributed by atoms with E-state index in [4.69, 9.17) is 5.73 Å². The Hall–Kier alpha value is -0.900. The van der Waals surface area contributed by atoms with E-state index in [9.17, 15) is 0 Å². The molecule has 2 N–H and O–H groups in total. The molecule has 0 aromatic carbocycles. The zero-order chi connectivity index (χ0) is 11.0. The Labute approximate surface area is 90.9 Å². The minimum absolute atomic E-state index is 0.0136. The van der Waals surface area contributed by atoms with Crippen molar-refractivity contribution < 1.29 is 0 Å². The van der Waals surface area contributed by atoms with Gasteiger partial charge in [-0.15, -0.1) is 10.2 Å². The molecule has 4 nitrogen and oxygen atoms in total. The first-order valence-corrected chi connectivity index (χ1v) is 5.77. The molecule has 84 valence electrons. The Balaban J connectivity index is 2.28. The van der Waals surface area contributed by atoms with Gasteiger partial charge in [0, 0.05) is 13.0 Å². The zero-order valence-electron chi connectivity index (χ0n) is 9.77. The quantitative estimate of drug-likeness (QED) is 0.801. The number of nitrogens with two attached hydrogens (primary N) is 1. The normalized spacial score (nSPS) is 22.9. The Morgan fingerprint density at radius 3 is 2.80 bits per heavy atom. The monoisotopic (exact) mass is 208 g/mol. The van der Waals surface area contributed by atoms with Crippen LogP contribution in [0.5, 0.6) is 0 Å². The summed E-state index contributed by atoms with van der Waals surface area (Å²) in [5.41, 5.74) is 6.12. The third kappa shape index (κ3) is 1.91. The van der Waals surface area contributed by atoms with E-state index < -0.39 is 0 Å². The molecule has 0 saturated carbocycles. The van der Waals surface area contributed by atoms with Crippen molar-refractivity contribution in [3.8, 4) is 0 Å². The Kier molecular flexibility index (Phi) is 2.78. The van der Waals surface area contributed by atoms with E-state index >= 15 is 0 Å². The molecule has 0 bridgehead atoms. The number of fused-ring (bicyclic) bond motifs is 1. The number of rotatable bonds is 2. The predicted octanol–water partition coefficient (Wildman–Crippen LogP) is 1.52. The van der Waals surface area contributed by atoms with Crippen molar-refractivity contribution in [2.75, 3.05) is 0 Å². The third-order valence-electron chi connectivity index (χ3n) is 3.25. The summed E-state index contributed by atoms with van der Waals surface area (Å²) < 4.78 is 2.21. The van der Waals surface area contributed by atoms with Crippen molar-refractivity contribution in [1.82, 2.24) is 14.8 Å². The highest BCUT2D eigenvalue weighted by molar-refractivity contribution is 5.04. The Morgan fingerprint density at radius 2 is 2.13 bits per heavy atom. The van der Waals surface area contributed by atoms with Gasteiger partial charge in [-0.25, -0.2) is 0 Å². The van der Waals surface area contributed by atoms with Crippen molar-refractivity contribution in [3.63, 3.8) is 0 Å². The molecule has 1 aromatic rings. The van der Waals surface area contributed by atoms with Gasteiger partial charge in [0.25, 0.3) is 0 Å². The SMILES string of the molecule is CC1CCn2c(nnc2C(N)C(C)C)C1. The van der Waals surface area contributed by atoms with E-state index in [1.165, 1.54) is 6.42 Å². The lowest BCUT2D eigenvalue weighted by Gasteiger charge is -2.23. The summed E-state index contributed by atoms with van der Waals surface area (Å²) in [5.74, 6) is 3.22. The molecule has 15 heavy (non-hydrogen) atoms. The minimum atomic E-state index is 0.0136. The van der Waals surface area contributed by atoms with Crippen LogP contribution in [-0.4, -0.2) is 14.8 Å². The van der Waals surface area contributed by atoms with Gasteiger partial charge in [0.15, 0.2) is 0 Å². The summed E-state index contributed by atoms with van der Waals surface area (Å²) in [6.45, 7) is 7.54. The largest absolute Gasteiger partial charge is 0.321 e. The van der Waals surface area contributed by atoms with Crippen LogP contribution >= 0.6 is 0 Å². The van der Waals surface area contributed by atoms with Crippen LogP contribution in [-0.2, 0) is 13.0 Å². The van der Waals surface area contributed by atoms with Crippen molar-refractivity contribution in [3.05, 3.63) is 11.6 Å². The van der Waals surface area contributed by atoms with Gasteiger partial charge >= 0.3 is 0 Å². The molecule has 0 spiro atoms. The third-order valence-corrected chi connectivity index (χ3v) is 3.25. The van der Waals surface area contributed by atoms with E-state index in [1.807, 2.05) is 0 Å². The molecule has 1 aliphatic rings. The molecule has 0 fully saturated rings. The molecule has 2 heterocycles. The molecule has 2 unspecified atom stereocenters. The molecule has 2 atom stereocenters. The highest BCUT2D eigenvalue weighted by Crippen LogP contribution is 2.24. The first-order valence-electron chi connectivity index (χ1n) is 5.77. The second-order valence-electron chi connectivity index (χ2n) is 4.99. The van der Waals surface area contributed by atoms with Gasteiger partial charge in [-0.2, -0.15) is 0 Å². The van der Waals surface area contributed by atoms with Gasteiger partial charge in [0.2, 0.25) is 0 Å². The summed E-state index contributed by atoms with van der Waals surface area (Å²) >= 11 is 0. The van der Waals surface area contributed by atoms with Gasteiger partial charge < -0.3 is 10.3 Å². The fraction of sp³-hybridized carbons (Fsp3) is 0.818. The van der Waals surface area contributed by atoms with Crippen LogP contribution in [0.2, 0.25) is 0 Å². The smallest absolute Gasteiger partial charge is 0.150 e. The van der Waals surface area contributed by atoms with Gasteiger partial charge in [-0.05, 0) is 18.3 Å². The maximum absolute atomic E-state index is 6.12. The molecule has 0 saturated heterocycles. The van der Waals surface area contributed by atoms with E-state index in [0.29, 0.717) is 5.92 Å². The molecule has 0 radical (unpaired) electrons. The summed E-state index contributed by atoms with van der Waals surface area (Å²) in [7, 11) is 0. The maximum Gasteiger partial charge on any atom is 0.150 e. The Morgan fingerprint density at radius 1 is 1.40 bits per heavy atom. The van der Waals surface area contributed by atoms with Gasteiger partial charge in [-0.1, -0.05) is 20.8 Å². The second-order valence-corrected chi connectivity index (χ2v) is 4.99. The number of hydrogen-bond acceptors (Lipinski definition) is 3. The summed E-state index contributed by atoms with van der Waals surface area (Å²) in [6.07, 6.45) is 2.25. The molecule has 0 amide bonds. The molecule has 4 heteroatoms. The highest BCUT2D eigenvalue weighted by Gasteiger charge is 2.24. The van der Waals surface area contributed by atoms with Crippen LogP contribution in [0.15, 0.2) is 0 Å². The standard InChI is InChI=1S/C11H20N4/c1-7(2)10(12)11-14-13-9-6-8(3)4-5-15(9)11/h7-8,10H,4-6,12H2,1-3H3. The summed E-state index contributed by atoms with van der Waals surface area (Å²) in [5, 5.41) is 8.48. The van der Waals surface area contributed by atoms with E-state index in [0.717, 1.165) is 30.5 Å². The second kappa shape index (κ2) is 3.93. The molecule has 1 aliphatic heterocycles. The highest BCUT2D eigenvalue weighted by atomic mass is 15.3. The van der Waals surface area contributed by atoms with Gasteiger partial charge in [-0.3, -0.25) is 0 Å². The number of aromatic nitrogens is 3. The van der Waals surface area contributed by atoms with Crippen LogP contribution in [0.25, 0.3) is 0 Å². The summed E-state index contributed by atoms with van der Waals surface area (Å²) in [6, 6.07) is 0.0136. The van der Waals surface area contributed by atoms with Gasteiger partial charge in [0.1, 0.15) is 11.6 Å². The van der Waals surface area contributed by atoms with Gasteiger partial charge in [0.05, 0.1) is 6.04 Å². The number of nitrogens with zero attached hydrogens (tertiary/aromatic N) is 3. The van der Waals surface area contributed by atoms with Crippen molar-refractivity contribution in [2.45, 2.75) is 46.2 Å². The summed E-state index contributed by atoms with van der Waals surface area (Å²) in [4.78, 5) is 0. The Bertz CT molecular complexity index is 342. The number of hydrogen-bond donors (Lipinski definition) is 1. The minimum Gasteiger partial charge on any atom is -0.321 e. The molecular formula is C11H20N4. The van der Waals surface area contributed by atoms with E-state index in [1.54, 1.807) is 0 Å². The zero-order valence-corrected chi connectivity index (χ0v) is 9.77. The van der Waals surface area contributed by atoms with Crippen LogP contribution < -0.4 is 5.73 Å². The molecule has 0 aliphatic carbocycles. The van der Waals surface area contributed by atoms with Crippen molar-refractivity contribution in [1.29, 1.82) is 0 Å². The lowest BCUT2D eigenvalue weighted by atomic mass is 9.99. The molecule has 1 aromatic heterocycles.